The van der Waals surface area contributed by atoms with Gasteiger partial charge in [-0.2, -0.15) is 0 Å². The lowest BCUT2D eigenvalue weighted by molar-refractivity contribution is 0.223. The predicted molar refractivity (Wildman–Crippen MR) is 47.9 cm³/mol. The van der Waals surface area contributed by atoms with Crippen molar-refractivity contribution in [3.63, 3.8) is 0 Å². The molecule has 1 fully saturated rings. The van der Waals surface area contributed by atoms with Crippen LogP contribution in [0.5, 0.6) is 0 Å². The molecule has 1 aliphatic rings. The van der Waals surface area contributed by atoms with E-state index in [-0.39, 0.29) is 0 Å². The minimum Gasteiger partial charge on any atom is -0.352 e. The second kappa shape index (κ2) is 4.98. The van der Waals surface area contributed by atoms with Gasteiger partial charge in [-0.05, 0) is 25.9 Å². The van der Waals surface area contributed by atoms with Crippen molar-refractivity contribution >= 4 is 6.03 Å². The number of hydrogen-bond acceptors (Lipinski definition) is 2. The first-order chi connectivity index (χ1) is 5.79. The van der Waals surface area contributed by atoms with Gasteiger partial charge >= 0.3 is 6.03 Å². The van der Waals surface area contributed by atoms with Crippen LogP contribution in [-0.2, 0) is 0 Å². The lowest BCUT2D eigenvalue weighted by Gasteiger charge is -2.26. The first kappa shape index (κ1) is 9.32. The van der Waals surface area contributed by atoms with Crippen molar-refractivity contribution in [1.82, 2.24) is 10.2 Å². The summed E-state index contributed by atoms with van der Waals surface area (Å²) in [5.74, 6) is 0. The topological polar surface area (TPSA) is 58.4 Å². The SMILES string of the molecule is NC(=O)NCCN1CCCCC1. The van der Waals surface area contributed by atoms with E-state index in [4.69, 9.17) is 5.73 Å². The van der Waals surface area contributed by atoms with Crippen molar-refractivity contribution in [2.45, 2.75) is 19.3 Å². The lowest BCUT2D eigenvalue weighted by atomic mass is 10.1. The molecule has 1 heterocycles. The highest BCUT2D eigenvalue weighted by molar-refractivity contribution is 5.71. The minimum atomic E-state index is -0.424. The summed E-state index contributed by atoms with van der Waals surface area (Å²) in [5.41, 5.74) is 4.94. The van der Waals surface area contributed by atoms with Gasteiger partial charge in [-0.1, -0.05) is 6.42 Å². The average molecular weight is 171 g/mol. The Balaban J connectivity index is 2.01. The van der Waals surface area contributed by atoms with Crippen LogP contribution in [0.4, 0.5) is 4.79 Å². The molecule has 0 unspecified atom stereocenters. The number of primary amides is 1. The molecule has 3 N–H and O–H groups in total. The summed E-state index contributed by atoms with van der Waals surface area (Å²) in [4.78, 5) is 12.7. The maximum Gasteiger partial charge on any atom is 0.312 e. The van der Waals surface area contributed by atoms with Crippen molar-refractivity contribution in [1.29, 1.82) is 0 Å². The lowest BCUT2D eigenvalue weighted by Crippen LogP contribution is -2.39. The molecule has 0 aromatic rings. The number of carbonyl (C=O) groups is 1. The van der Waals surface area contributed by atoms with Crippen LogP contribution in [0.3, 0.4) is 0 Å². The fourth-order valence-electron chi connectivity index (χ4n) is 1.52. The van der Waals surface area contributed by atoms with Crippen LogP contribution < -0.4 is 11.1 Å². The molecule has 4 heteroatoms. The quantitative estimate of drug-likeness (QED) is 0.634. The third-order valence-corrected chi connectivity index (χ3v) is 2.18. The summed E-state index contributed by atoms with van der Waals surface area (Å²) in [6, 6.07) is -0.424. The van der Waals surface area contributed by atoms with Gasteiger partial charge in [0.15, 0.2) is 0 Å². The van der Waals surface area contributed by atoms with Crippen molar-refractivity contribution in [3.05, 3.63) is 0 Å². The highest BCUT2D eigenvalue weighted by Gasteiger charge is 2.08. The summed E-state index contributed by atoms with van der Waals surface area (Å²) in [7, 11) is 0. The number of hydrogen-bond donors (Lipinski definition) is 2. The zero-order chi connectivity index (χ0) is 8.81. The van der Waals surface area contributed by atoms with E-state index in [1.807, 2.05) is 0 Å². The molecular weight excluding hydrogens is 154 g/mol. The Morgan fingerprint density at radius 1 is 1.33 bits per heavy atom. The van der Waals surface area contributed by atoms with E-state index in [1.165, 1.54) is 32.4 Å². The van der Waals surface area contributed by atoms with Gasteiger partial charge in [-0.15, -0.1) is 0 Å². The van der Waals surface area contributed by atoms with Gasteiger partial charge in [0, 0.05) is 13.1 Å². The van der Waals surface area contributed by atoms with Crippen LogP contribution in [0, 0.1) is 0 Å². The van der Waals surface area contributed by atoms with Gasteiger partial charge in [0.1, 0.15) is 0 Å². The monoisotopic (exact) mass is 171 g/mol. The number of amides is 2. The molecule has 1 rings (SSSR count). The number of nitrogens with one attached hydrogen (secondary N) is 1. The molecule has 4 nitrogen and oxygen atoms in total. The molecule has 2 amide bonds. The normalized spacial score (nSPS) is 19.0. The van der Waals surface area contributed by atoms with Crippen LogP contribution in [0.2, 0.25) is 0 Å². The molecule has 0 saturated carbocycles. The Morgan fingerprint density at radius 3 is 2.58 bits per heavy atom. The van der Waals surface area contributed by atoms with Crippen molar-refractivity contribution < 1.29 is 4.79 Å². The second-order valence-electron chi connectivity index (χ2n) is 3.19. The van der Waals surface area contributed by atoms with Gasteiger partial charge in [0.2, 0.25) is 0 Å². The van der Waals surface area contributed by atoms with Gasteiger partial charge in [-0.3, -0.25) is 0 Å². The fraction of sp³-hybridized carbons (Fsp3) is 0.875. The number of rotatable bonds is 3. The molecule has 0 bridgehead atoms. The Hall–Kier alpha value is -0.770. The first-order valence-electron chi connectivity index (χ1n) is 4.55. The third kappa shape index (κ3) is 3.57. The van der Waals surface area contributed by atoms with Crippen molar-refractivity contribution in [2.75, 3.05) is 26.2 Å². The molecule has 0 radical (unpaired) electrons. The molecule has 0 atom stereocenters. The minimum absolute atomic E-state index is 0.424. The number of piperidine rings is 1. The average Bonchev–Trinajstić information content (AvgIpc) is 2.05. The largest absolute Gasteiger partial charge is 0.352 e. The van der Waals surface area contributed by atoms with Crippen molar-refractivity contribution in [2.24, 2.45) is 5.73 Å². The van der Waals surface area contributed by atoms with Crippen LogP contribution >= 0.6 is 0 Å². The molecule has 0 spiro atoms. The zero-order valence-electron chi connectivity index (χ0n) is 7.38. The Bertz CT molecular complexity index is 143. The maximum atomic E-state index is 10.3. The standard InChI is InChI=1S/C8H17N3O/c9-8(12)10-4-7-11-5-2-1-3-6-11/h1-7H2,(H3,9,10,12). The molecule has 70 valence electrons. The van der Waals surface area contributed by atoms with Gasteiger partial charge in [0.25, 0.3) is 0 Å². The van der Waals surface area contributed by atoms with E-state index in [2.05, 4.69) is 10.2 Å². The van der Waals surface area contributed by atoms with Gasteiger partial charge in [0.05, 0.1) is 0 Å². The summed E-state index contributed by atoms with van der Waals surface area (Å²) >= 11 is 0. The molecule has 0 aromatic heterocycles. The number of likely N-dealkylation sites (tertiary alicyclic amines) is 1. The summed E-state index contributed by atoms with van der Waals surface area (Å²) in [5, 5.41) is 2.59. The van der Waals surface area contributed by atoms with E-state index in [1.54, 1.807) is 0 Å². The van der Waals surface area contributed by atoms with Crippen LogP contribution in [0.1, 0.15) is 19.3 Å². The van der Waals surface area contributed by atoms with E-state index < -0.39 is 6.03 Å². The van der Waals surface area contributed by atoms with E-state index >= 15 is 0 Å². The fourth-order valence-corrected chi connectivity index (χ4v) is 1.52. The van der Waals surface area contributed by atoms with E-state index in [0.717, 1.165) is 6.54 Å². The highest BCUT2D eigenvalue weighted by atomic mass is 16.2. The third-order valence-electron chi connectivity index (χ3n) is 2.18. The number of carbonyl (C=O) groups excluding carboxylic acids is 1. The highest BCUT2D eigenvalue weighted by Crippen LogP contribution is 2.06. The van der Waals surface area contributed by atoms with Crippen LogP contribution in [0.15, 0.2) is 0 Å². The van der Waals surface area contributed by atoms with Crippen LogP contribution in [-0.4, -0.2) is 37.1 Å². The number of nitrogens with two attached hydrogens (primary N) is 1. The summed E-state index contributed by atoms with van der Waals surface area (Å²) in [6.07, 6.45) is 3.92. The maximum absolute atomic E-state index is 10.3. The Morgan fingerprint density at radius 2 is 2.00 bits per heavy atom. The zero-order valence-corrected chi connectivity index (χ0v) is 7.38. The Labute approximate surface area is 73.1 Å². The summed E-state index contributed by atoms with van der Waals surface area (Å²) < 4.78 is 0. The van der Waals surface area contributed by atoms with Gasteiger partial charge < -0.3 is 16.0 Å². The number of nitrogens with zero attached hydrogens (tertiary/aromatic N) is 1. The predicted octanol–water partition coefficient (Wildman–Crippen LogP) is 0.141. The number of urea groups is 1. The summed E-state index contributed by atoms with van der Waals surface area (Å²) in [6.45, 7) is 3.94. The second-order valence-corrected chi connectivity index (χ2v) is 3.19. The molecule has 12 heavy (non-hydrogen) atoms. The molecule has 1 aliphatic heterocycles. The Kier molecular flexibility index (Phi) is 3.87. The van der Waals surface area contributed by atoms with Gasteiger partial charge in [-0.25, -0.2) is 4.79 Å². The molecule has 0 aliphatic carbocycles. The molecule has 0 aromatic carbocycles. The molecular formula is C8H17N3O. The van der Waals surface area contributed by atoms with Crippen molar-refractivity contribution in [3.8, 4) is 0 Å². The van der Waals surface area contributed by atoms with Crippen LogP contribution in [0.25, 0.3) is 0 Å². The first-order valence-corrected chi connectivity index (χ1v) is 4.55. The molecule has 1 saturated heterocycles. The van der Waals surface area contributed by atoms with E-state index in [0.29, 0.717) is 6.54 Å². The smallest absolute Gasteiger partial charge is 0.312 e. The van der Waals surface area contributed by atoms with E-state index in [9.17, 15) is 4.79 Å².